The molecule has 0 bridgehead atoms. The summed E-state index contributed by atoms with van der Waals surface area (Å²) in [5.74, 6) is -1.52. The van der Waals surface area contributed by atoms with Crippen LogP contribution in [-0.4, -0.2) is 57.0 Å². The van der Waals surface area contributed by atoms with Crippen LogP contribution >= 0.6 is 0 Å². The molecule has 0 aliphatic carbocycles. The van der Waals surface area contributed by atoms with E-state index in [1.807, 2.05) is 6.92 Å². The molecule has 1 aliphatic rings. The third-order valence-electron chi connectivity index (χ3n) is 9.07. The minimum atomic E-state index is -4.91. The first-order valence-corrected chi connectivity index (χ1v) is 17.3. The first-order chi connectivity index (χ1) is 25.5. The largest absolute Gasteiger partial charge is 0.494 e. The van der Waals surface area contributed by atoms with E-state index in [1.54, 1.807) is 73.1 Å². The van der Waals surface area contributed by atoms with Gasteiger partial charge in [-0.3, -0.25) is 23.9 Å². The standard InChI is InChI=1S/C39H38F4N6O4/c1-2-53-28-14-12-27(13-15-28)49-36(47-32-9-4-3-8-29(32)38(49)52)34(17-20-46-37(51)33-10-6-19-45-33)48(24-26-7-5-18-44-23-26)35(50)22-25-11-16-30(31(40)21-25)39(41,42)43/h3-5,7-9,11-16,18,21,23,33-34,45H,2,6,10,17,19-20,22,24H2,1H3,(H,46,51)/t33-,34?/m1/s1. The maximum atomic E-state index is 14.7. The lowest BCUT2D eigenvalue weighted by Gasteiger charge is -2.33. The second-order valence-corrected chi connectivity index (χ2v) is 12.7. The number of hydrogen-bond acceptors (Lipinski definition) is 7. The number of ether oxygens (including phenoxy) is 1. The number of nitrogens with one attached hydrogen (secondary N) is 2. The van der Waals surface area contributed by atoms with Crippen molar-refractivity contribution in [2.75, 3.05) is 19.7 Å². The number of amides is 2. The predicted octanol–water partition coefficient (Wildman–Crippen LogP) is 5.91. The van der Waals surface area contributed by atoms with Crippen molar-refractivity contribution in [2.24, 2.45) is 0 Å². The molecule has 3 aromatic carbocycles. The summed E-state index contributed by atoms with van der Waals surface area (Å²) < 4.78 is 61.8. The summed E-state index contributed by atoms with van der Waals surface area (Å²) in [6.45, 7) is 3.03. The third-order valence-corrected chi connectivity index (χ3v) is 9.07. The molecule has 276 valence electrons. The fourth-order valence-corrected chi connectivity index (χ4v) is 6.50. The van der Waals surface area contributed by atoms with Crippen molar-refractivity contribution in [2.45, 2.75) is 57.4 Å². The number of hydrogen-bond donors (Lipinski definition) is 2. The second kappa shape index (κ2) is 16.4. The van der Waals surface area contributed by atoms with Gasteiger partial charge in [0, 0.05) is 25.5 Å². The Balaban J connectivity index is 1.48. The molecule has 3 heterocycles. The van der Waals surface area contributed by atoms with Crippen molar-refractivity contribution in [1.82, 2.24) is 30.1 Å². The zero-order valence-electron chi connectivity index (χ0n) is 28.9. The normalized spacial score (nSPS) is 14.9. The molecule has 5 aromatic rings. The first-order valence-electron chi connectivity index (χ1n) is 17.3. The molecule has 14 heteroatoms. The molecule has 1 unspecified atom stereocenters. The Bertz CT molecular complexity index is 2120. The van der Waals surface area contributed by atoms with E-state index >= 15 is 0 Å². The molecule has 2 amide bonds. The molecule has 2 aromatic heterocycles. The van der Waals surface area contributed by atoms with Crippen LogP contribution in [0.15, 0.2) is 96.1 Å². The number of aromatic nitrogens is 3. The van der Waals surface area contributed by atoms with E-state index in [2.05, 4.69) is 15.6 Å². The zero-order valence-corrected chi connectivity index (χ0v) is 28.9. The Kier molecular flexibility index (Phi) is 11.5. The van der Waals surface area contributed by atoms with Gasteiger partial charge in [-0.2, -0.15) is 13.2 Å². The van der Waals surface area contributed by atoms with Crippen molar-refractivity contribution in [3.8, 4) is 11.4 Å². The lowest BCUT2D eigenvalue weighted by atomic mass is 10.0. The number of carbonyl (C=O) groups is 2. The molecular weight excluding hydrogens is 692 g/mol. The van der Waals surface area contributed by atoms with Crippen LogP contribution in [0.25, 0.3) is 16.6 Å². The summed E-state index contributed by atoms with van der Waals surface area (Å²) >= 11 is 0. The number of rotatable bonds is 13. The van der Waals surface area contributed by atoms with Crippen LogP contribution in [0.4, 0.5) is 17.6 Å². The Hall–Kier alpha value is -5.63. The van der Waals surface area contributed by atoms with E-state index < -0.39 is 41.5 Å². The molecule has 53 heavy (non-hydrogen) atoms. The third kappa shape index (κ3) is 8.71. The van der Waals surface area contributed by atoms with Crippen LogP contribution in [-0.2, 0) is 28.7 Å². The Morgan fingerprint density at radius 2 is 1.85 bits per heavy atom. The maximum Gasteiger partial charge on any atom is 0.419 e. The van der Waals surface area contributed by atoms with Gasteiger partial charge in [0.15, 0.2) is 0 Å². The lowest BCUT2D eigenvalue weighted by Crippen LogP contribution is -2.43. The summed E-state index contributed by atoms with van der Waals surface area (Å²) in [5.41, 5.74) is -0.402. The molecule has 2 atom stereocenters. The second-order valence-electron chi connectivity index (χ2n) is 12.7. The van der Waals surface area contributed by atoms with Crippen molar-refractivity contribution >= 4 is 22.7 Å². The van der Waals surface area contributed by atoms with Crippen molar-refractivity contribution in [3.05, 3.63) is 130 Å². The van der Waals surface area contributed by atoms with E-state index in [1.165, 1.54) is 9.47 Å². The molecule has 0 saturated carbocycles. The zero-order chi connectivity index (χ0) is 37.5. The average molecular weight is 731 g/mol. The van der Waals surface area contributed by atoms with Gasteiger partial charge >= 0.3 is 6.18 Å². The number of para-hydroxylation sites is 1. The maximum absolute atomic E-state index is 14.7. The van der Waals surface area contributed by atoms with Gasteiger partial charge in [-0.05, 0) is 98.5 Å². The van der Waals surface area contributed by atoms with E-state index in [-0.39, 0.29) is 42.8 Å². The van der Waals surface area contributed by atoms with Gasteiger partial charge in [-0.25, -0.2) is 9.37 Å². The molecule has 0 radical (unpaired) electrons. The summed E-state index contributed by atoms with van der Waals surface area (Å²) in [6, 6.07) is 18.1. The number of pyridine rings is 1. The number of halogens is 4. The van der Waals surface area contributed by atoms with Crippen LogP contribution in [0.3, 0.4) is 0 Å². The van der Waals surface area contributed by atoms with E-state index in [9.17, 15) is 31.9 Å². The van der Waals surface area contributed by atoms with Crippen molar-refractivity contribution in [1.29, 1.82) is 0 Å². The van der Waals surface area contributed by atoms with Crippen molar-refractivity contribution in [3.63, 3.8) is 0 Å². The smallest absolute Gasteiger partial charge is 0.419 e. The molecule has 0 spiro atoms. The molecular formula is C39H38F4N6O4. The van der Waals surface area contributed by atoms with Crippen molar-refractivity contribution < 1.29 is 31.9 Å². The number of carbonyl (C=O) groups excluding carboxylic acids is 2. The molecule has 1 fully saturated rings. The van der Waals surface area contributed by atoms with Gasteiger partial charge in [-0.1, -0.05) is 24.3 Å². The number of benzene rings is 3. The van der Waals surface area contributed by atoms with Gasteiger partial charge < -0.3 is 20.3 Å². The topological polar surface area (TPSA) is 118 Å². The lowest BCUT2D eigenvalue weighted by molar-refractivity contribution is -0.140. The van der Waals surface area contributed by atoms with E-state index in [0.717, 1.165) is 12.5 Å². The summed E-state index contributed by atoms with van der Waals surface area (Å²) in [6.07, 6.45) is -0.620. The summed E-state index contributed by atoms with van der Waals surface area (Å²) in [7, 11) is 0. The number of alkyl halides is 3. The van der Waals surface area contributed by atoms with Crippen LogP contribution in [0.2, 0.25) is 0 Å². The number of nitrogens with zero attached hydrogens (tertiary/aromatic N) is 4. The highest BCUT2D eigenvalue weighted by atomic mass is 19.4. The van der Waals surface area contributed by atoms with Gasteiger partial charge in [0.1, 0.15) is 17.4 Å². The highest BCUT2D eigenvalue weighted by Crippen LogP contribution is 2.33. The fraction of sp³-hybridized carbons (Fsp3) is 0.308. The van der Waals surface area contributed by atoms with E-state index in [4.69, 9.17) is 9.72 Å². The molecule has 1 saturated heterocycles. The van der Waals surface area contributed by atoms with Gasteiger partial charge in [0.25, 0.3) is 5.56 Å². The van der Waals surface area contributed by atoms with Gasteiger partial charge in [0.2, 0.25) is 11.8 Å². The first kappa shape index (κ1) is 37.1. The van der Waals surface area contributed by atoms with Crippen LogP contribution in [0.1, 0.15) is 54.7 Å². The van der Waals surface area contributed by atoms with Crippen LogP contribution in [0, 0.1) is 5.82 Å². The Morgan fingerprint density at radius 1 is 1.06 bits per heavy atom. The van der Waals surface area contributed by atoms with E-state index in [0.29, 0.717) is 59.6 Å². The molecule has 2 N–H and O–H groups in total. The van der Waals surface area contributed by atoms with Crippen LogP contribution in [0.5, 0.6) is 5.75 Å². The van der Waals surface area contributed by atoms with Gasteiger partial charge in [0.05, 0.1) is 47.3 Å². The quantitative estimate of drug-likeness (QED) is 0.145. The average Bonchev–Trinajstić information content (AvgIpc) is 3.69. The molecule has 1 aliphatic heterocycles. The minimum absolute atomic E-state index is 0.0198. The Labute approximate surface area is 302 Å². The number of fused-ring (bicyclic) bond motifs is 1. The SMILES string of the molecule is CCOc1ccc(-n2c(C(CCNC(=O)[C@H]3CCCN3)N(Cc3cccnc3)C(=O)Cc3ccc(C(F)(F)F)c(F)c3)nc3ccccc3c2=O)cc1. The highest BCUT2D eigenvalue weighted by Gasteiger charge is 2.35. The highest BCUT2D eigenvalue weighted by molar-refractivity contribution is 5.82. The molecule has 10 nitrogen and oxygen atoms in total. The molecule has 6 rings (SSSR count). The van der Waals surface area contributed by atoms with Gasteiger partial charge in [-0.15, -0.1) is 0 Å². The summed E-state index contributed by atoms with van der Waals surface area (Å²) in [5, 5.41) is 6.45. The van der Waals surface area contributed by atoms with Crippen LogP contribution < -0.4 is 20.9 Å². The Morgan fingerprint density at radius 3 is 2.53 bits per heavy atom. The summed E-state index contributed by atoms with van der Waals surface area (Å²) in [4.78, 5) is 52.5. The fourth-order valence-electron chi connectivity index (χ4n) is 6.50. The monoisotopic (exact) mass is 730 g/mol. The predicted molar refractivity (Wildman–Crippen MR) is 190 cm³/mol. The minimum Gasteiger partial charge on any atom is -0.494 e.